The zero-order chi connectivity index (χ0) is 20.1. The number of aryl methyl sites for hydroxylation is 3. The van der Waals surface area contributed by atoms with Gasteiger partial charge in [0.15, 0.2) is 0 Å². The van der Waals surface area contributed by atoms with E-state index in [1.807, 2.05) is 34.9 Å². The van der Waals surface area contributed by atoms with Crippen LogP contribution in [0.15, 0.2) is 36.4 Å². The van der Waals surface area contributed by atoms with Crippen LogP contribution < -0.4 is 10.2 Å². The van der Waals surface area contributed by atoms with E-state index in [2.05, 4.69) is 65.4 Å². The number of hydrogen-bond acceptors (Lipinski definition) is 3. The van der Waals surface area contributed by atoms with Crippen molar-refractivity contribution in [1.29, 1.82) is 0 Å². The van der Waals surface area contributed by atoms with E-state index < -0.39 is 0 Å². The molecule has 1 N–H and O–H groups in total. The van der Waals surface area contributed by atoms with Crippen LogP contribution in [-0.4, -0.2) is 37.5 Å². The molecule has 0 saturated carbocycles. The molecule has 1 atom stereocenters. The van der Waals surface area contributed by atoms with Gasteiger partial charge >= 0.3 is 0 Å². The fourth-order valence-corrected chi connectivity index (χ4v) is 3.43. The van der Waals surface area contributed by atoms with E-state index in [1.165, 1.54) is 16.8 Å². The van der Waals surface area contributed by atoms with Crippen molar-refractivity contribution in [3.05, 3.63) is 58.7 Å². The smallest absolute Gasteiger partial charge is 0.241 e. The second kappa shape index (κ2) is 9.05. The quantitative estimate of drug-likeness (QED) is 0.781. The summed E-state index contributed by atoms with van der Waals surface area (Å²) in [6.07, 6.45) is 0. The van der Waals surface area contributed by atoms with Crippen molar-refractivity contribution in [3.8, 4) is 0 Å². The Kier molecular flexibility index (Phi) is 7.03. The molecule has 0 radical (unpaired) electrons. The highest BCUT2D eigenvalue weighted by molar-refractivity contribution is 5.96. The lowest BCUT2D eigenvalue weighted by Gasteiger charge is -2.28. The largest absolute Gasteiger partial charge is 0.378 e. The second-order valence-electron chi connectivity index (χ2n) is 7.56. The summed E-state index contributed by atoms with van der Waals surface area (Å²) in [7, 11) is 4.07. The Morgan fingerprint density at radius 1 is 1.04 bits per heavy atom. The molecule has 0 unspecified atom stereocenters. The highest BCUT2D eigenvalue weighted by Crippen LogP contribution is 2.23. The second-order valence-corrected chi connectivity index (χ2v) is 7.56. The van der Waals surface area contributed by atoms with E-state index in [4.69, 9.17) is 0 Å². The van der Waals surface area contributed by atoms with E-state index in [0.717, 1.165) is 29.9 Å². The third-order valence-corrected chi connectivity index (χ3v) is 5.10. The van der Waals surface area contributed by atoms with Crippen molar-refractivity contribution < 1.29 is 4.79 Å². The first-order valence-electron chi connectivity index (χ1n) is 9.62. The van der Waals surface area contributed by atoms with Crippen LogP contribution in [0.1, 0.15) is 36.1 Å². The van der Waals surface area contributed by atoms with Crippen LogP contribution in [0.2, 0.25) is 0 Å². The maximum Gasteiger partial charge on any atom is 0.241 e. The fourth-order valence-electron chi connectivity index (χ4n) is 3.43. The van der Waals surface area contributed by atoms with E-state index in [0.29, 0.717) is 0 Å². The number of hydrogen-bond donors (Lipinski definition) is 1. The Labute approximate surface area is 164 Å². The number of rotatable bonds is 7. The molecule has 0 bridgehead atoms. The van der Waals surface area contributed by atoms with Crippen LogP contribution in [-0.2, 0) is 11.3 Å². The number of anilines is 2. The van der Waals surface area contributed by atoms with Crippen molar-refractivity contribution in [2.45, 2.75) is 47.2 Å². The molecule has 0 heterocycles. The van der Waals surface area contributed by atoms with Gasteiger partial charge in [-0.3, -0.25) is 9.69 Å². The van der Waals surface area contributed by atoms with Crippen LogP contribution in [0.25, 0.3) is 0 Å². The lowest BCUT2D eigenvalue weighted by molar-refractivity contribution is -0.120. The minimum Gasteiger partial charge on any atom is -0.378 e. The van der Waals surface area contributed by atoms with Gasteiger partial charge in [0, 0.05) is 32.0 Å². The Hall–Kier alpha value is -2.33. The standard InChI is InChI=1S/C23H33N3O/c1-8-26(15-20-9-11-21(12-10-20)25(6)7)19(5)23(27)24-22-17(3)13-16(2)14-18(22)4/h9-14,19H,8,15H2,1-7H3,(H,24,27)/t19-/m1/s1. The summed E-state index contributed by atoms with van der Waals surface area (Å²) in [6.45, 7) is 11.8. The van der Waals surface area contributed by atoms with Gasteiger partial charge in [0.1, 0.15) is 0 Å². The Balaban J connectivity index is 2.09. The van der Waals surface area contributed by atoms with Crippen LogP contribution in [0.4, 0.5) is 11.4 Å². The molecule has 0 aliphatic carbocycles. The van der Waals surface area contributed by atoms with Crippen molar-refractivity contribution in [2.24, 2.45) is 0 Å². The first-order chi connectivity index (χ1) is 12.7. The van der Waals surface area contributed by atoms with Crippen molar-refractivity contribution >= 4 is 17.3 Å². The molecule has 4 heteroatoms. The first-order valence-corrected chi connectivity index (χ1v) is 9.62. The summed E-state index contributed by atoms with van der Waals surface area (Å²) in [4.78, 5) is 17.2. The lowest BCUT2D eigenvalue weighted by Crippen LogP contribution is -2.41. The Bertz CT molecular complexity index is 758. The molecule has 2 aromatic rings. The summed E-state index contributed by atoms with van der Waals surface area (Å²) in [5, 5.41) is 3.14. The van der Waals surface area contributed by atoms with Gasteiger partial charge in [-0.2, -0.15) is 0 Å². The number of benzene rings is 2. The van der Waals surface area contributed by atoms with Gasteiger partial charge in [-0.25, -0.2) is 0 Å². The first kappa shape index (κ1) is 21.0. The number of carbonyl (C=O) groups excluding carboxylic acids is 1. The third kappa shape index (κ3) is 5.33. The Morgan fingerprint density at radius 3 is 2.07 bits per heavy atom. The zero-order valence-corrected chi connectivity index (χ0v) is 17.8. The number of carbonyl (C=O) groups is 1. The van der Waals surface area contributed by atoms with E-state index in [1.54, 1.807) is 0 Å². The van der Waals surface area contributed by atoms with Gasteiger partial charge in [-0.05, 0) is 63.1 Å². The molecule has 0 fully saturated rings. The Morgan fingerprint density at radius 2 is 1.59 bits per heavy atom. The average Bonchev–Trinajstić information content (AvgIpc) is 2.62. The maximum atomic E-state index is 12.9. The molecular formula is C23H33N3O. The van der Waals surface area contributed by atoms with Crippen molar-refractivity contribution in [2.75, 3.05) is 30.9 Å². The maximum absolute atomic E-state index is 12.9. The predicted molar refractivity (Wildman–Crippen MR) is 116 cm³/mol. The summed E-state index contributed by atoms with van der Waals surface area (Å²) >= 11 is 0. The van der Waals surface area contributed by atoms with E-state index in [-0.39, 0.29) is 11.9 Å². The molecule has 0 aromatic heterocycles. The molecule has 27 heavy (non-hydrogen) atoms. The molecule has 0 spiro atoms. The number of amides is 1. The predicted octanol–water partition coefficient (Wildman–Crippen LogP) is 4.53. The average molecular weight is 368 g/mol. The third-order valence-electron chi connectivity index (χ3n) is 5.10. The minimum absolute atomic E-state index is 0.0387. The SMILES string of the molecule is CCN(Cc1ccc(N(C)C)cc1)[C@H](C)C(=O)Nc1c(C)cc(C)cc1C. The van der Waals surface area contributed by atoms with Gasteiger partial charge in [-0.15, -0.1) is 0 Å². The number of nitrogens with one attached hydrogen (secondary N) is 1. The summed E-state index contributed by atoms with van der Waals surface area (Å²) in [6, 6.07) is 12.5. The molecular weight excluding hydrogens is 334 g/mol. The fraction of sp³-hybridized carbons (Fsp3) is 0.435. The van der Waals surface area contributed by atoms with Gasteiger partial charge < -0.3 is 10.2 Å². The molecule has 0 aliphatic heterocycles. The van der Waals surface area contributed by atoms with E-state index >= 15 is 0 Å². The molecule has 0 saturated heterocycles. The normalized spacial score (nSPS) is 12.1. The van der Waals surface area contributed by atoms with Crippen molar-refractivity contribution in [3.63, 3.8) is 0 Å². The summed E-state index contributed by atoms with van der Waals surface area (Å²) in [5.74, 6) is 0.0387. The van der Waals surface area contributed by atoms with Gasteiger partial charge in [-0.1, -0.05) is 36.8 Å². The van der Waals surface area contributed by atoms with E-state index in [9.17, 15) is 4.79 Å². The topological polar surface area (TPSA) is 35.6 Å². The number of likely N-dealkylation sites (N-methyl/N-ethyl adjacent to an activating group) is 1. The molecule has 146 valence electrons. The molecule has 1 amide bonds. The highest BCUT2D eigenvalue weighted by Gasteiger charge is 2.21. The van der Waals surface area contributed by atoms with Crippen molar-refractivity contribution in [1.82, 2.24) is 4.90 Å². The highest BCUT2D eigenvalue weighted by atomic mass is 16.2. The lowest BCUT2D eigenvalue weighted by atomic mass is 10.0. The monoisotopic (exact) mass is 367 g/mol. The zero-order valence-electron chi connectivity index (χ0n) is 17.8. The van der Waals surface area contributed by atoms with Gasteiger partial charge in [0.2, 0.25) is 5.91 Å². The van der Waals surface area contributed by atoms with Gasteiger partial charge in [0.05, 0.1) is 6.04 Å². The molecule has 2 rings (SSSR count). The summed E-state index contributed by atoms with van der Waals surface area (Å²) in [5.41, 5.74) is 6.75. The molecule has 0 aliphatic rings. The van der Waals surface area contributed by atoms with Crippen LogP contribution >= 0.6 is 0 Å². The van der Waals surface area contributed by atoms with Crippen LogP contribution in [0, 0.1) is 20.8 Å². The van der Waals surface area contributed by atoms with Crippen LogP contribution in [0.3, 0.4) is 0 Å². The molecule has 4 nitrogen and oxygen atoms in total. The summed E-state index contributed by atoms with van der Waals surface area (Å²) < 4.78 is 0. The van der Waals surface area contributed by atoms with Crippen LogP contribution in [0.5, 0.6) is 0 Å². The number of nitrogens with zero attached hydrogens (tertiary/aromatic N) is 2. The van der Waals surface area contributed by atoms with Gasteiger partial charge in [0.25, 0.3) is 0 Å². The molecule has 2 aromatic carbocycles. The minimum atomic E-state index is -0.205.